The van der Waals surface area contributed by atoms with Crippen LogP contribution in [-0.2, 0) is 0 Å². The summed E-state index contributed by atoms with van der Waals surface area (Å²) in [4.78, 5) is 0. The lowest BCUT2D eigenvalue weighted by Crippen LogP contribution is -2.29. The van der Waals surface area contributed by atoms with Crippen LogP contribution in [0.4, 0.5) is 0 Å². The molecule has 0 N–H and O–H groups in total. The van der Waals surface area contributed by atoms with Gasteiger partial charge in [0.25, 0.3) is 6.20 Å². The molecule has 2 heteroatoms. The lowest BCUT2D eigenvalue weighted by molar-refractivity contribution is -0.616. The summed E-state index contributed by atoms with van der Waals surface area (Å²) in [5.41, 5.74) is 1.76. The molecule has 0 bridgehead atoms. The predicted octanol–water partition coefficient (Wildman–Crippen LogP) is 0.737. The molecule has 1 radical (unpaired) electrons. The molecule has 0 amide bonds. The number of aryl methyl sites for hydroxylation is 2. The van der Waals surface area contributed by atoms with Gasteiger partial charge in [-0.25, -0.2) is 0 Å². The van der Waals surface area contributed by atoms with E-state index in [0.29, 0.717) is 5.69 Å². The first-order chi connectivity index (χ1) is 4.20. The lowest BCUT2D eigenvalue weighted by atomic mass is 10.3. The molecule has 0 unspecified atom stereocenters. The van der Waals surface area contributed by atoms with E-state index in [1.54, 1.807) is 13.0 Å². The van der Waals surface area contributed by atoms with E-state index in [-0.39, 0.29) is 0 Å². The SMILES string of the molecule is Cc1c[c][n+]([O-])c(C)c1. The zero-order chi connectivity index (χ0) is 6.85. The highest BCUT2D eigenvalue weighted by molar-refractivity contribution is 5.08. The van der Waals surface area contributed by atoms with Gasteiger partial charge in [0.15, 0.2) is 5.69 Å². The zero-order valence-electron chi connectivity index (χ0n) is 5.51. The summed E-state index contributed by atoms with van der Waals surface area (Å²) in [5.74, 6) is 0. The van der Waals surface area contributed by atoms with Crippen molar-refractivity contribution in [2.75, 3.05) is 0 Å². The number of pyridine rings is 1. The van der Waals surface area contributed by atoms with Crippen LogP contribution in [0.25, 0.3) is 0 Å². The molecule has 0 atom stereocenters. The molecule has 2 nitrogen and oxygen atoms in total. The highest BCUT2D eigenvalue weighted by atomic mass is 16.5. The minimum Gasteiger partial charge on any atom is -0.618 e. The molecule has 1 aromatic rings. The van der Waals surface area contributed by atoms with E-state index < -0.39 is 0 Å². The van der Waals surface area contributed by atoms with E-state index in [2.05, 4.69) is 6.20 Å². The topological polar surface area (TPSA) is 26.9 Å². The minimum atomic E-state index is 0.690. The molecule has 1 aromatic heterocycles. The Balaban J connectivity index is 3.17. The van der Waals surface area contributed by atoms with Gasteiger partial charge in [-0.3, -0.25) is 0 Å². The fourth-order valence-electron chi connectivity index (χ4n) is 0.692. The summed E-state index contributed by atoms with van der Waals surface area (Å²) >= 11 is 0. The largest absolute Gasteiger partial charge is 0.618 e. The maximum Gasteiger partial charge on any atom is 0.290 e. The van der Waals surface area contributed by atoms with Crippen LogP contribution >= 0.6 is 0 Å². The highest BCUT2D eigenvalue weighted by Crippen LogP contribution is 1.93. The second kappa shape index (κ2) is 2.05. The smallest absolute Gasteiger partial charge is 0.290 e. The number of rotatable bonds is 0. The van der Waals surface area contributed by atoms with Gasteiger partial charge < -0.3 is 5.21 Å². The van der Waals surface area contributed by atoms with Crippen LogP contribution in [0.1, 0.15) is 11.3 Å². The standard InChI is InChI=1S/C7H8NO/c1-6-3-4-8(9)7(2)5-6/h3,5H,1-2H3. The Morgan fingerprint density at radius 3 is 2.67 bits per heavy atom. The van der Waals surface area contributed by atoms with Gasteiger partial charge in [0.2, 0.25) is 0 Å². The van der Waals surface area contributed by atoms with E-state index in [1.807, 2.05) is 13.0 Å². The first-order valence-electron chi connectivity index (χ1n) is 2.78. The summed E-state index contributed by atoms with van der Waals surface area (Å²) in [6.45, 7) is 3.69. The van der Waals surface area contributed by atoms with Gasteiger partial charge in [0.05, 0.1) is 0 Å². The summed E-state index contributed by atoms with van der Waals surface area (Å²) < 4.78 is 0.729. The number of nitrogens with zero attached hydrogens (tertiary/aromatic N) is 1. The molecule has 0 aliphatic rings. The van der Waals surface area contributed by atoms with Gasteiger partial charge >= 0.3 is 0 Å². The van der Waals surface area contributed by atoms with Gasteiger partial charge in [-0.05, 0) is 12.5 Å². The number of hydrogen-bond donors (Lipinski definition) is 0. The predicted molar refractivity (Wildman–Crippen MR) is 33.7 cm³/mol. The molecule has 0 fully saturated rings. The number of aromatic nitrogens is 1. The van der Waals surface area contributed by atoms with E-state index in [0.717, 1.165) is 10.3 Å². The summed E-state index contributed by atoms with van der Waals surface area (Å²) in [6, 6.07) is 3.49. The molecule has 0 saturated carbocycles. The van der Waals surface area contributed by atoms with E-state index in [9.17, 15) is 5.21 Å². The Kier molecular flexibility index (Phi) is 1.39. The summed E-state index contributed by atoms with van der Waals surface area (Å²) in [7, 11) is 0. The molecule has 0 aliphatic heterocycles. The minimum absolute atomic E-state index is 0.690. The Morgan fingerprint density at radius 2 is 2.22 bits per heavy atom. The van der Waals surface area contributed by atoms with Crippen LogP contribution in [0.2, 0.25) is 0 Å². The monoisotopic (exact) mass is 122 g/mol. The van der Waals surface area contributed by atoms with Gasteiger partial charge in [-0.15, -0.1) is 0 Å². The van der Waals surface area contributed by atoms with Crippen molar-refractivity contribution >= 4 is 0 Å². The molecule has 47 valence electrons. The highest BCUT2D eigenvalue weighted by Gasteiger charge is 1.96. The van der Waals surface area contributed by atoms with E-state index in [1.165, 1.54) is 0 Å². The van der Waals surface area contributed by atoms with Gasteiger partial charge in [0.1, 0.15) is 0 Å². The maximum absolute atomic E-state index is 10.6. The van der Waals surface area contributed by atoms with Crippen molar-refractivity contribution in [2.45, 2.75) is 13.8 Å². The van der Waals surface area contributed by atoms with Gasteiger partial charge in [-0.2, -0.15) is 4.73 Å². The molecule has 0 saturated heterocycles. The Labute approximate surface area is 54.3 Å². The third-order valence-electron chi connectivity index (χ3n) is 1.17. The second-order valence-electron chi connectivity index (χ2n) is 2.10. The molecule has 1 rings (SSSR count). The van der Waals surface area contributed by atoms with Crippen molar-refractivity contribution in [2.24, 2.45) is 0 Å². The van der Waals surface area contributed by atoms with Crippen LogP contribution < -0.4 is 4.73 Å². The molecule has 0 aromatic carbocycles. The first-order valence-corrected chi connectivity index (χ1v) is 2.78. The lowest BCUT2D eigenvalue weighted by Gasteiger charge is -1.97. The molecule has 0 spiro atoms. The quantitative estimate of drug-likeness (QED) is 0.368. The van der Waals surface area contributed by atoms with E-state index in [4.69, 9.17) is 0 Å². The summed E-state index contributed by atoms with van der Waals surface area (Å²) in [5, 5.41) is 10.6. The zero-order valence-corrected chi connectivity index (χ0v) is 5.51. The Bertz CT molecular complexity index is 220. The molecule has 1 heterocycles. The third-order valence-corrected chi connectivity index (χ3v) is 1.17. The van der Waals surface area contributed by atoms with Crippen molar-refractivity contribution in [1.82, 2.24) is 0 Å². The Hall–Kier alpha value is -1.05. The van der Waals surface area contributed by atoms with Crippen LogP contribution in [0.15, 0.2) is 12.1 Å². The average molecular weight is 122 g/mol. The van der Waals surface area contributed by atoms with Crippen molar-refractivity contribution in [3.05, 3.63) is 34.8 Å². The maximum atomic E-state index is 10.6. The van der Waals surface area contributed by atoms with Crippen molar-refractivity contribution < 1.29 is 4.73 Å². The molecular formula is C7H8NO. The molecule has 0 aliphatic carbocycles. The van der Waals surface area contributed by atoms with Crippen LogP contribution in [-0.4, -0.2) is 0 Å². The molecule has 9 heavy (non-hydrogen) atoms. The third kappa shape index (κ3) is 1.19. The van der Waals surface area contributed by atoms with Gasteiger partial charge in [-0.1, -0.05) is 0 Å². The van der Waals surface area contributed by atoms with E-state index >= 15 is 0 Å². The van der Waals surface area contributed by atoms with Gasteiger partial charge in [0, 0.05) is 19.1 Å². The van der Waals surface area contributed by atoms with Crippen LogP contribution in [0.5, 0.6) is 0 Å². The van der Waals surface area contributed by atoms with Crippen LogP contribution in [0.3, 0.4) is 0 Å². The Morgan fingerprint density at radius 1 is 1.56 bits per heavy atom. The fraction of sp³-hybridized carbons (Fsp3) is 0.286. The van der Waals surface area contributed by atoms with Crippen molar-refractivity contribution in [1.29, 1.82) is 0 Å². The second-order valence-corrected chi connectivity index (χ2v) is 2.10. The average Bonchev–Trinajstić information content (AvgIpc) is 1.80. The van der Waals surface area contributed by atoms with Crippen LogP contribution in [0, 0.1) is 25.3 Å². The molecular weight excluding hydrogens is 114 g/mol. The van der Waals surface area contributed by atoms with Crippen molar-refractivity contribution in [3.63, 3.8) is 0 Å². The fourth-order valence-corrected chi connectivity index (χ4v) is 0.692. The normalized spacial score (nSPS) is 9.56. The number of hydrogen-bond acceptors (Lipinski definition) is 1. The summed E-state index contributed by atoms with van der Waals surface area (Å²) in [6.07, 6.45) is 2.53. The van der Waals surface area contributed by atoms with Crippen molar-refractivity contribution in [3.8, 4) is 0 Å². The first kappa shape index (κ1) is 6.08.